The van der Waals surface area contributed by atoms with Gasteiger partial charge in [0.25, 0.3) is 0 Å². The summed E-state index contributed by atoms with van der Waals surface area (Å²) in [5.74, 6) is 0. The van der Waals surface area contributed by atoms with Crippen molar-refractivity contribution in [3.8, 4) is 0 Å². The van der Waals surface area contributed by atoms with Gasteiger partial charge in [-0.05, 0) is 41.6 Å². The zero-order valence-electron chi connectivity index (χ0n) is 10.1. The molecule has 4 heteroatoms. The Morgan fingerprint density at radius 1 is 1.11 bits per heavy atom. The van der Waals surface area contributed by atoms with Crippen LogP contribution in [0.15, 0.2) is 35.7 Å². The average Bonchev–Trinajstić information content (AvgIpc) is 2.80. The molecule has 0 fully saturated rings. The van der Waals surface area contributed by atoms with E-state index in [9.17, 15) is 0 Å². The van der Waals surface area contributed by atoms with Crippen LogP contribution >= 0.6 is 22.9 Å². The van der Waals surface area contributed by atoms with E-state index in [1.54, 1.807) is 11.3 Å². The standard InChI is InChI=1S/C14H16ClNOS/c15-13-4-2-1-3-11(13)9-17-10-12-6-8-18-14(12)5-7-16/h1-4,6,8H,5,7,9-10,16H2. The van der Waals surface area contributed by atoms with Crippen molar-refractivity contribution in [1.82, 2.24) is 0 Å². The smallest absolute Gasteiger partial charge is 0.0735 e. The molecule has 0 unspecified atom stereocenters. The highest BCUT2D eigenvalue weighted by Crippen LogP contribution is 2.20. The van der Waals surface area contributed by atoms with E-state index >= 15 is 0 Å². The summed E-state index contributed by atoms with van der Waals surface area (Å²) >= 11 is 7.81. The van der Waals surface area contributed by atoms with Crippen LogP contribution in [0.1, 0.15) is 16.0 Å². The lowest BCUT2D eigenvalue weighted by molar-refractivity contribution is 0.107. The van der Waals surface area contributed by atoms with Gasteiger partial charge in [0.2, 0.25) is 0 Å². The molecule has 96 valence electrons. The molecule has 0 aliphatic rings. The van der Waals surface area contributed by atoms with Gasteiger partial charge in [-0.25, -0.2) is 0 Å². The molecular formula is C14H16ClNOS. The fourth-order valence-electron chi connectivity index (χ4n) is 1.73. The summed E-state index contributed by atoms with van der Waals surface area (Å²) in [6.45, 7) is 1.83. The second kappa shape index (κ2) is 6.90. The van der Waals surface area contributed by atoms with Gasteiger partial charge >= 0.3 is 0 Å². The summed E-state index contributed by atoms with van der Waals surface area (Å²) in [4.78, 5) is 1.32. The van der Waals surface area contributed by atoms with E-state index in [-0.39, 0.29) is 0 Å². The zero-order chi connectivity index (χ0) is 12.8. The van der Waals surface area contributed by atoms with Crippen molar-refractivity contribution in [1.29, 1.82) is 0 Å². The SMILES string of the molecule is NCCc1sccc1COCc1ccccc1Cl. The van der Waals surface area contributed by atoms with Crippen molar-refractivity contribution in [2.75, 3.05) is 6.54 Å². The number of benzene rings is 1. The molecule has 2 aromatic rings. The van der Waals surface area contributed by atoms with Crippen LogP contribution in [-0.4, -0.2) is 6.54 Å². The zero-order valence-corrected chi connectivity index (χ0v) is 11.6. The lowest BCUT2D eigenvalue weighted by atomic mass is 10.2. The number of halogens is 1. The van der Waals surface area contributed by atoms with E-state index in [0.717, 1.165) is 17.0 Å². The third-order valence-electron chi connectivity index (χ3n) is 2.68. The third kappa shape index (κ3) is 3.56. The molecule has 0 aliphatic heterocycles. The first-order valence-corrected chi connectivity index (χ1v) is 7.13. The van der Waals surface area contributed by atoms with E-state index < -0.39 is 0 Å². The number of ether oxygens (including phenoxy) is 1. The molecule has 0 aliphatic carbocycles. The predicted molar refractivity (Wildman–Crippen MR) is 77.0 cm³/mol. The molecule has 2 rings (SSSR count). The lowest BCUT2D eigenvalue weighted by Crippen LogP contribution is -2.03. The first kappa shape index (κ1) is 13.6. The molecule has 1 heterocycles. The van der Waals surface area contributed by atoms with Crippen LogP contribution in [0.3, 0.4) is 0 Å². The maximum atomic E-state index is 6.07. The Hall–Kier alpha value is -0.870. The first-order chi connectivity index (χ1) is 8.81. The third-order valence-corrected chi connectivity index (χ3v) is 4.07. The number of rotatable bonds is 6. The van der Waals surface area contributed by atoms with Gasteiger partial charge in [-0.2, -0.15) is 0 Å². The van der Waals surface area contributed by atoms with E-state index in [0.29, 0.717) is 19.8 Å². The van der Waals surface area contributed by atoms with Crippen molar-refractivity contribution in [3.63, 3.8) is 0 Å². The van der Waals surface area contributed by atoms with Gasteiger partial charge in [-0.15, -0.1) is 11.3 Å². The molecule has 0 saturated carbocycles. The fraction of sp³-hybridized carbons (Fsp3) is 0.286. The quantitative estimate of drug-likeness (QED) is 0.878. The van der Waals surface area contributed by atoms with E-state index in [1.807, 2.05) is 24.3 Å². The summed E-state index contributed by atoms with van der Waals surface area (Å²) in [5.41, 5.74) is 7.83. The number of thiophene rings is 1. The van der Waals surface area contributed by atoms with Gasteiger partial charge in [0.05, 0.1) is 13.2 Å². The predicted octanol–water partition coefficient (Wildman–Crippen LogP) is 3.62. The van der Waals surface area contributed by atoms with Crippen LogP contribution in [0.2, 0.25) is 5.02 Å². The Morgan fingerprint density at radius 3 is 2.67 bits per heavy atom. The second-order valence-electron chi connectivity index (χ2n) is 3.99. The maximum Gasteiger partial charge on any atom is 0.0735 e. The van der Waals surface area contributed by atoms with Gasteiger partial charge < -0.3 is 10.5 Å². The van der Waals surface area contributed by atoms with Gasteiger partial charge in [-0.1, -0.05) is 29.8 Å². The van der Waals surface area contributed by atoms with Gasteiger partial charge in [-0.3, -0.25) is 0 Å². The normalized spacial score (nSPS) is 10.8. The van der Waals surface area contributed by atoms with Crippen molar-refractivity contribution in [2.45, 2.75) is 19.6 Å². The molecular weight excluding hydrogens is 266 g/mol. The fourth-order valence-corrected chi connectivity index (χ4v) is 2.83. The monoisotopic (exact) mass is 281 g/mol. The Balaban J connectivity index is 1.88. The number of hydrogen-bond donors (Lipinski definition) is 1. The average molecular weight is 282 g/mol. The van der Waals surface area contributed by atoms with Crippen LogP contribution < -0.4 is 5.73 Å². The Labute approximate surface area is 116 Å². The van der Waals surface area contributed by atoms with Crippen LogP contribution in [0.25, 0.3) is 0 Å². The van der Waals surface area contributed by atoms with Crippen LogP contribution in [0, 0.1) is 0 Å². The van der Waals surface area contributed by atoms with Gasteiger partial charge in [0, 0.05) is 9.90 Å². The minimum absolute atomic E-state index is 0.539. The van der Waals surface area contributed by atoms with E-state index in [1.165, 1.54) is 10.4 Å². The first-order valence-electron chi connectivity index (χ1n) is 5.87. The molecule has 0 radical (unpaired) electrons. The van der Waals surface area contributed by atoms with Crippen molar-refractivity contribution in [2.24, 2.45) is 5.73 Å². The largest absolute Gasteiger partial charge is 0.372 e. The summed E-state index contributed by atoms with van der Waals surface area (Å²) in [7, 11) is 0. The summed E-state index contributed by atoms with van der Waals surface area (Å²) in [6, 6.07) is 9.85. The molecule has 1 aromatic carbocycles. The van der Waals surface area contributed by atoms with E-state index in [2.05, 4.69) is 11.4 Å². The minimum atomic E-state index is 0.539. The summed E-state index contributed by atoms with van der Waals surface area (Å²) < 4.78 is 5.71. The molecule has 1 aromatic heterocycles. The van der Waals surface area contributed by atoms with Crippen molar-refractivity contribution < 1.29 is 4.74 Å². The molecule has 0 bridgehead atoms. The van der Waals surface area contributed by atoms with Crippen molar-refractivity contribution in [3.05, 3.63) is 56.7 Å². The summed E-state index contributed by atoms with van der Waals surface area (Å²) in [5, 5.41) is 2.84. The van der Waals surface area contributed by atoms with Crippen LogP contribution in [0.5, 0.6) is 0 Å². The second-order valence-corrected chi connectivity index (χ2v) is 5.40. The lowest BCUT2D eigenvalue weighted by Gasteiger charge is -2.06. The summed E-state index contributed by atoms with van der Waals surface area (Å²) in [6.07, 6.45) is 0.919. The minimum Gasteiger partial charge on any atom is -0.372 e. The molecule has 0 amide bonds. The highest BCUT2D eigenvalue weighted by Gasteiger charge is 2.04. The van der Waals surface area contributed by atoms with Gasteiger partial charge in [0.1, 0.15) is 0 Å². The topological polar surface area (TPSA) is 35.2 Å². The molecule has 18 heavy (non-hydrogen) atoms. The Morgan fingerprint density at radius 2 is 1.89 bits per heavy atom. The number of nitrogens with two attached hydrogens (primary N) is 1. The highest BCUT2D eigenvalue weighted by molar-refractivity contribution is 7.10. The molecule has 2 N–H and O–H groups in total. The molecule has 0 saturated heterocycles. The highest BCUT2D eigenvalue weighted by atomic mass is 35.5. The molecule has 0 spiro atoms. The molecule has 0 atom stereocenters. The van der Waals surface area contributed by atoms with Crippen LogP contribution in [-0.2, 0) is 24.4 Å². The van der Waals surface area contributed by atoms with Crippen LogP contribution in [0.4, 0.5) is 0 Å². The Bertz CT molecular complexity index is 498. The van der Waals surface area contributed by atoms with E-state index in [4.69, 9.17) is 22.1 Å². The van der Waals surface area contributed by atoms with Crippen molar-refractivity contribution >= 4 is 22.9 Å². The molecule has 2 nitrogen and oxygen atoms in total. The maximum absolute atomic E-state index is 6.07. The number of hydrogen-bond acceptors (Lipinski definition) is 3. The Kier molecular flexibility index (Phi) is 5.20. The van der Waals surface area contributed by atoms with Gasteiger partial charge in [0.15, 0.2) is 0 Å².